The van der Waals surface area contributed by atoms with Crippen LogP contribution in [0.15, 0.2) is 0 Å². The minimum atomic E-state index is -0.450. The summed E-state index contributed by atoms with van der Waals surface area (Å²) in [5, 5.41) is 8.84. The molecule has 1 unspecified atom stereocenters. The van der Waals surface area contributed by atoms with E-state index in [-0.39, 0.29) is 44.1 Å². The minimum absolute atomic E-state index is 0. The van der Waals surface area contributed by atoms with Gasteiger partial charge in [-0.1, -0.05) is 48.5 Å². The molecule has 22 heavy (non-hydrogen) atoms. The molecular weight excluding hydrogens is 484 g/mol. The molecule has 0 saturated heterocycles. The van der Waals surface area contributed by atoms with Crippen LogP contribution >= 0.6 is 12.6 Å². The molecule has 0 aromatic rings. The van der Waals surface area contributed by atoms with Crippen molar-refractivity contribution in [2.24, 2.45) is 11.3 Å². The van der Waals surface area contributed by atoms with E-state index in [0.717, 1.165) is 6.42 Å². The molecule has 0 aliphatic heterocycles. The molecule has 0 spiro atoms. The number of hydrogen-bond acceptors (Lipinski definition) is 4. The molecule has 0 heterocycles. The van der Waals surface area contributed by atoms with Crippen molar-refractivity contribution in [2.75, 3.05) is 6.61 Å². The van der Waals surface area contributed by atoms with Crippen LogP contribution in [-0.4, -0.2) is 27.5 Å². The third-order valence-corrected chi connectivity index (χ3v) is 4.03. The molecule has 0 saturated carbocycles. The first kappa shape index (κ1) is 30.9. The maximum Gasteiger partial charge on any atom is 0.148 e. The average Bonchev–Trinajstić information content (AvgIpc) is 2.37. The fourth-order valence-electron chi connectivity index (χ4n) is 0.854. The van der Waals surface area contributed by atoms with Crippen molar-refractivity contribution in [1.29, 1.82) is 0 Å². The molecule has 0 rings (SSSR count). The van der Waals surface area contributed by atoms with E-state index in [0.29, 0.717) is 12.3 Å². The normalized spacial score (nSPS) is 12.2. The van der Waals surface area contributed by atoms with Crippen LogP contribution in [0.25, 0.3) is 0 Å². The Kier molecular flexibility index (Phi) is 21.8. The zero-order valence-corrected chi connectivity index (χ0v) is 20.5. The van der Waals surface area contributed by atoms with E-state index in [4.69, 9.17) is 17.7 Å². The maximum atomic E-state index is 11.3. The summed E-state index contributed by atoms with van der Waals surface area (Å²) >= 11 is 9.16. The van der Waals surface area contributed by atoms with Crippen molar-refractivity contribution in [2.45, 2.75) is 85.2 Å². The second kappa shape index (κ2) is 15.5. The molecule has 5 heteroatoms. The van der Waals surface area contributed by atoms with Crippen molar-refractivity contribution in [3.63, 3.8) is 0 Å². The largest absolute Gasteiger partial charge is 0.789 e. The number of carbonyl (C=O) groups excluding carboxylic acids is 1. The van der Waals surface area contributed by atoms with E-state index in [1.807, 2.05) is 48.5 Å². The monoisotopic (exact) mass is 521 g/mol. The van der Waals surface area contributed by atoms with Crippen molar-refractivity contribution in [1.82, 2.24) is 0 Å². The third-order valence-electron chi connectivity index (χ3n) is 3.14. The van der Waals surface area contributed by atoms with Gasteiger partial charge in [0.25, 0.3) is 0 Å². The Morgan fingerprint density at radius 2 is 1.50 bits per heavy atom. The van der Waals surface area contributed by atoms with E-state index in [2.05, 4.69) is 26.5 Å². The Bertz CT molecular complexity index is 260. The van der Waals surface area contributed by atoms with Gasteiger partial charge in [-0.15, -0.1) is 0 Å². The van der Waals surface area contributed by atoms with Crippen LogP contribution in [0.4, 0.5) is 0 Å². The molecule has 136 valence electrons. The number of rotatable bonds is 6. The quantitative estimate of drug-likeness (QED) is 0.395. The maximum absolute atomic E-state index is 11.3. The Morgan fingerprint density at radius 3 is 1.64 bits per heavy atom. The van der Waals surface area contributed by atoms with E-state index >= 15 is 0 Å². The molecule has 0 aromatic carbocycles. The molecule has 0 aromatic heterocycles. The van der Waals surface area contributed by atoms with Gasteiger partial charge >= 0.3 is 0 Å². The molecule has 0 aliphatic carbocycles. The zero-order valence-electron chi connectivity index (χ0n) is 15.9. The number of ketones is 1. The summed E-state index contributed by atoms with van der Waals surface area (Å²) in [6, 6.07) is 0. The first-order valence-electron chi connectivity index (χ1n) is 7.87. The summed E-state index contributed by atoms with van der Waals surface area (Å²) in [7, 11) is 0. The van der Waals surface area contributed by atoms with Crippen LogP contribution in [0.2, 0.25) is 0 Å². The predicted molar refractivity (Wildman–Crippen MR) is 101 cm³/mol. The summed E-state index contributed by atoms with van der Waals surface area (Å²) in [5.74, 6) is 0.851. The molecule has 0 radical (unpaired) electrons. The van der Waals surface area contributed by atoms with Gasteiger partial charge in [0.2, 0.25) is 0 Å². The van der Waals surface area contributed by atoms with Gasteiger partial charge in [-0.2, -0.15) is 17.9 Å². The minimum Gasteiger partial charge on any atom is -0.789 e. The van der Waals surface area contributed by atoms with Gasteiger partial charge in [0.05, 0.1) is 4.75 Å². The van der Waals surface area contributed by atoms with Crippen molar-refractivity contribution in [3.05, 3.63) is 0 Å². The van der Waals surface area contributed by atoms with Gasteiger partial charge < -0.3 is 17.7 Å². The van der Waals surface area contributed by atoms with Crippen LogP contribution < -0.4 is 0 Å². The Balaban J connectivity index is -0.000000131. The number of aliphatic hydroxyl groups is 1. The SMILES string of the molecule is CC.CC(C)CCC(=O)C(C)(C)S.CC([S-])C(C)(C)CO.[W]. The van der Waals surface area contributed by atoms with Crippen LogP contribution in [0, 0.1) is 11.3 Å². The summed E-state index contributed by atoms with van der Waals surface area (Å²) < 4.78 is -0.450. The van der Waals surface area contributed by atoms with Crippen LogP contribution in [0.3, 0.4) is 0 Å². The summed E-state index contributed by atoms with van der Waals surface area (Å²) in [6.07, 6.45) is 1.64. The topological polar surface area (TPSA) is 37.3 Å². The molecule has 0 fully saturated rings. The van der Waals surface area contributed by atoms with Crippen molar-refractivity contribution in [3.8, 4) is 0 Å². The number of carbonyl (C=O) groups is 1. The molecule has 1 atom stereocenters. The van der Waals surface area contributed by atoms with Gasteiger partial charge in [-0.3, -0.25) is 4.79 Å². The third kappa shape index (κ3) is 19.1. The smallest absolute Gasteiger partial charge is 0.148 e. The molecule has 2 nitrogen and oxygen atoms in total. The predicted octanol–water partition coefficient (Wildman–Crippen LogP) is 4.66. The Morgan fingerprint density at radius 1 is 1.14 bits per heavy atom. The van der Waals surface area contributed by atoms with E-state index in [1.165, 1.54) is 0 Å². The van der Waals surface area contributed by atoms with E-state index in [1.54, 1.807) is 0 Å². The van der Waals surface area contributed by atoms with Crippen LogP contribution in [0.5, 0.6) is 0 Å². The number of Topliss-reactive ketones (excluding diaryl/α,β-unsaturated/α-hetero) is 1. The first-order valence-corrected chi connectivity index (χ1v) is 8.78. The molecule has 0 bridgehead atoms. The van der Waals surface area contributed by atoms with Crippen LogP contribution in [0.1, 0.15) is 75.2 Å². The number of hydrogen-bond donors (Lipinski definition) is 2. The first-order chi connectivity index (χ1) is 9.34. The summed E-state index contributed by atoms with van der Waals surface area (Å²) in [6.45, 7) is 18.0. The van der Waals surface area contributed by atoms with Gasteiger partial charge in [0.1, 0.15) is 5.78 Å². The van der Waals surface area contributed by atoms with Gasteiger partial charge in [0.15, 0.2) is 0 Å². The van der Waals surface area contributed by atoms with Gasteiger partial charge in [-0.05, 0) is 31.6 Å². The number of thiol groups is 1. The molecule has 0 amide bonds. The second-order valence-electron chi connectivity index (χ2n) is 6.70. The Labute approximate surface area is 164 Å². The molecule has 1 N–H and O–H groups in total. The molecular formula is C17H37O2S2W-. The van der Waals surface area contributed by atoms with E-state index < -0.39 is 4.75 Å². The van der Waals surface area contributed by atoms with Crippen molar-refractivity contribution < 1.29 is 31.0 Å². The standard InChI is InChI=1S/C9H18OS.C6H14OS.C2H6.W/c1-7(2)5-6-8(10)9(3,4)11;1-5(8)6(2,3)4-7;1-2;/h7,11H,5-6H2,1-4H3;5,7-8H,4H2,1-3H3;1-2H3;/p-1. The van der Waals surface area contributed by atoms with Gasteiger partial charge in [-0.25, -0.2) is 0 Å². The fraction of sp³-hybridized carbons (Fsp3) is 0.941. The average molecular weight is 521 g/mol. The number of aliphatic hydroxyl groups excluding tert-OH is 1. The van der Waals surface area contributed by atoms with Crippen LogP contribution in [-0.2, 0) is 38.5 Å². The van der Waals surface area contributed by atoms with E-state index in [9.17, 15) is 4.79 Å². The zero-order chi connectivity index (χ0) is 17.9. The van der Waals surface area contributed by atoms with Gasteiger partial charge in [0, 0.05) is 34.1 Å². The summed E-state index contributed by atoms with van der Waals surface area (Å²) in [4.78, 5) is 11.3. The Hall–Kier alpha value is 1.02. The van der Waals surface area contributed by atoms with Crippen molar-refractivity contribution >= 4 is 31.0 Å². The fourth-order valence-corrected chi connectivity index (χ4v) is 1.04. The summed E-state index contributed by atoms with van der Waals surface area (Å²) in [5.41, 5.74) is -0.0880. The second-order valence-corrected chi connectivity index (χ2v) is 8.53. The molecule has 0 aliphatic rings.